The molecule has 156 valence electrons. The summed E-state index contributed by atoms with van der Waals surface area (Å²) in [4.78, 5) is 6.34. The van der Waals surface area contributed by atoms with E-state index in [9.17, 15) is 17.6 Å². The Balaban J connectivity index is 1.86. The summed E-state index contributed by atoms with van der Waals surface area (Å²) in [6.45, 7) is 3.18. The molecule has 1 aliphatic rings. The Bertz CT molecular complexity index is 868. The summed E-state index contributed by atoms with van der Waals surface area (Å²) in [5.41, 5.74) is -0.0314. The molecule has 1 heterocycles. The molecule has 0 saturated carbocycles. The van der Waals surface area contributed by atoms with Crippen molar-refractivity contribution in [3.05, 3.63) is 64.4 Å². The smallest absolute Gasteiger partial charge is 0.419 e. The first-order chi connectivity index (χ1) is 13.8. The lowest BCUT2D eigenvalue weighted by molar-refractivity contribution is -0.139. The second kappa shape index (κ2) is 9.03. The number of hydrogen-bond acceptors (Lipinski definition) is 3. The molecule has 0 spiro atoms. The van der Waals surface area contributed by atoms with Crippen LogP contribution in [0.25, 0.3) is 0 Å². The summed E-state index contributed by atoms with van der Waals surface area (Å²) < 4.78 is 58.5. The third kappa shape index (κ3) is 5.63. The second-order valence-corrected chi connectivity index (χ2v) is 7.34. The number of halogens is 5. The predicted molar refractivity (Wildman–Crippen MR) is 106 cm³/mol. The molecule has 3 nitrogen and oxygen atoms in total. The van der Waals surface area contributed by atoms with Crippen LogP contribution >= 0.6 is 11.6 Å². The molecular formula is C21H21ClF4N2O. The molecule has 0 bridgehead atoms. The Kier molecular flexibility index (Phi) is 6.67. The first kappa shape index (κ1) is 21.4. The van der Waals surface area contributed by atoms with Crippen LogP contribution in [-0.2, 0) is 17.5 Å². The predicted octanol–water partition coefficient (Wildman–Crippen LogP) is 6.10. The Labute approximate surface area is 172 Å². The molecule has 0 aromatic heterocycles. The third-order valence-electron chi connectivity index (χ3n) is 4.57. The van der Waals surface area contributed by atoms with Crippen molar-refractivity contribution in [3.63, 3.8) is 0 Å². The molecule has 0 N–H and O–H groups in total. The number of nitrogens with zero attached hydrogens (tertiary/aromatic N) is 2. The molecule has 0 fully saturated rings. The van der Waals surface area contributed by atoms with Gasteiger partial charge in [0.25, 0.3) is 0 Å². The van der Waals surface area contributed by atoms with E-state index in [1.165, 1.54) is 6.07 Å². The van der Waals surface area contributed by atoms with Crippen molar-refractivity contribution >= 4 is 23.2 Å². The lowest BCUT2D eigenvalue weighted by Crippen LogP contribution is -2.32. The molecule has 8 heteroatoms. The highest BCUT2D eigenvalue weighted by molar-refractivity contribution is 6.30. The summed E-state index contributed by atoms with van der Waals surface area (Å²) in [5, 5.41) is 0.582. The van der Waals surface area contributed by atoms with Gasteiger partial charge in [-0.3, -0.25) is 0 Å². The largest absolute Gasteiger partial charge is 0.479 e. The molecule has 0 radical (unpaired) electrons. The Hall–Kier alpha value is -2.28. The summed E-state index contributed by atoms with van der Waals surface area (Å²) in [7, 11) is 0. The van der Waals surface area contributed by atoms with Gasteiger partial charge < -0.3 is 9.64 Å². The van der Waals surface area contributed by atoms with Gasteiger partial charge in [0, 0.05) is 30.2 Å². The standard InChI is InChI=1S/C21H21ClF4N2O/c1-2-3-20-27-16(13-29-20)12-28(11-14-4-6-15(22)7-5-14)17-8-9-18(19(23)10-17)21(24,25)26/h4-10,16H,2-3,11-13H2,1H3. The molecule has 29 heavy (non-hydrogen) atoms. The summed E-state index contributed by atoms with van der Waals surface area (Å²) in [6.07, 6.45) is -3.09. The fraction of sp³-hybridized carbons (Fsp3) is 0.381. The SMILES string of the molecule is CCCC1=NC(CN(Cc2ccc(Cl)cc2)c2ccc(C(F)(F)F)c(F)c2)CO1. The lowest BCUT2D eigenvalue weighted by Gasteiger charge is -2.27. The highest BCUT2D eigenvalue weighted by Gasteiger charge is 2.34. The van der Waals surface area contributed by atoms with Gasteiger partial charge in [-0.1, -0.05) is 30.7 Å². The minimum atomic E-state index is -4.73. The molecule has 2 aromatic carbocycles. The van der Waals surface area contributed by atoms with Crippen LogP contribution in [0.5, 0.6) is 0 Å². The average molecular weight is 429 g/mol. The lowest BCUT2D eigenvalue weighted by atomic mass is 10.1. The first-order valence-corrected chi connectivity index (χ1v) is 9.69. The van der Waals surface area contributed by atoms with Crippen molar-refractivity contribution in [2.24, 2.45) is 4.99 Å². The van der Waals surface area contributed by atoms with Gasteiger partial charge in [0.2, 0.25) is 0 Å². The van der Waals surface area contributed by atoms with E-state index in [1.54, 1.807) is 17.0 Å². The van der Waals surface area contributed by atoms with Gasteiger partial charge in [-0.05, 0) is 42.3 Å². The van der Waals surface area contributed by atoms with Gasteiger partial charge in [0.1, 0.15) is 18.5 Å². The van der Waals surface area contributed by atoms with Crippen LogP contribution in [0.4, 0.5) is 23.2 Å². The number of ether oxygens (including phenoxy) is 1. The monoisotopic (exact) mass is 428 g/mol. The molecule has 1 unspecified atom stereocenters. The second-order valence-electron chi connectivity index (χ2n) is 6.91. The zero-order valence-electron chi connectivity index (χ0n) is 15.8. The normalized spacial score (nSPS) is 16.5. The van der Waals surface area contributed by atoms with Crippen LogP contribution < -0.4 is 4.90 Å². The number of hydrogen-bond donors (Lipinski definition) is 0. The maximum absolute atomic E-state index is 14.2. The zero-order chi connectivity index (χ0) is 21.0. The molecule has 1 atom stereocenters. The van der Waals surface area contributed by atoms with E-state index >= 15 is 0 Å². The van der Waals surface area contributed by atoms with Gasteiger partial charge in [0.05, 0.1) is 5.56 Å². The van der Waals surface area contributed by atoms with Crippen LogP contribution in [0.1, 0.15) is 30.9 Å². The molecule has 0 amide bonds. The quantitative estimate of drug-likeness (QED) is 0.497. The minimum absolute atomic E-state index is 0.172. The van der Waals surface area contributed by atoms with Gasteiger partial charge in [0.15, 0.2) is 5.90 Å². The minimum Gasteiger partial charge on any atom is -0.479 e. The first-order valence-electron chi connectivity index (χ1n) is 9.32. The highest BCUT2D eigenvalue weighted by atomic mass is 35.5. The molecule has 0 saturated heterocycles. The van der Waals surface area contributed by atoms with Crippen molar-refractivity contribution in [2.45, 2.75) is 38.5 Å². The summed E-state index contributed by atoms with van der Waals surface area (Å²) in [6, 6.07) is 9.93. The van der Waals surface area contributed by atoms with Gasteiger partial charge in [-0.15, -0.1) is 0 Å². The maximum atomic E-state index is 14.2. The molecular weight excluding hydrogens is 408 g/mol. The van der Waals surface area contributed by atoms with Crippen molar-refractivity contribution in [2.75, 3.05) is 18.1 Å². The molecule has 3 rings (SSSR count). The fourth-order valence-electron chi connectivity index (χ4n) is 3.17. The van der Waals surface area contributed by atoms with Gasteiger partial charge in [-0.2, -0.15) is 13.2 Å². The van der Waals surface area contributed by atoms with Crippen LogP contribution in [0, 0.1) is 5.82 Å². The Morgan fingerprint density at radius 2 is 1.90 bits per heavy atom. The van der Waals surface area contributed by atoms with Crippen LogP contribution in [0.3, 0.4) is 0 Å². The van der Waals surface area contributed by atoms with E-state index in [0.717, 1.165) is 30.5 Å². The van der Waals surface area contributed by atoms with Crippen LogP contribution in [0.15, 0.2) is 47.5 Å². The molecule has 1 aliphatic heterocycles. The average Bonchev–Trinajstić information content (AvgIpc) is 3.09. The summed E-state index contributed by atoms with van der Waals surface area (Å²) in [5.74, 6) is -0.614. The van der Waals surface area contributed by atoms with Crippen molar-refractivity contribution in [1.82, 2.24) is 0 Å². The topological polar surface area (TPSA) is 24.8 Å². The highest BCUT2D eigenvalue weighted by Crippen LogP contribution is 2.33. The molecule has 0 aliphatic carbocycles. The number of alkyl halides is 3. The van der Waals surface area contributed by atoms with E-state index < -0.39 is 17.6 Å². The zero-order valence-corrected chi connectivity index (χ0v) is 16.6. The van der Waals surface area contributed by atoms with E-state index in [2.05, 4.69) is 4.99 Å². The number of rotatable bonds is 7. The van der Waals surface area contributed by atoms with Gasteiger partial charge in [-0.25, -0.2) is 9.38 Å². The van der Waals surface area contributed by atoms with Crippen LogP contribution in [-0.4, -0.2) is 25.1 Å². The number of aliphatic imine (C=N–C) groups is 1. The van der Waals surface area contributed by atoms with Crippen molar-refractivity contribution in [3.8, 4) is 0 Å². The van der Waals surface area contributed by atoms with Gasteiger partial charge >= 0.3 is 6.18 Å². The fourth-order valence-corrected chi connectivity index (χ4v) is 3.30. The molecule has 2 aromatic rings. The van der Waals surface area contributed by atoms with E-state index in [-0.39, 0.29) is 6.04 Å². The van der Waals surface area contributed by atoms with E-state index in [1.807, 2.05) is 19.1 Å². The van der Waals surface area contributed by atoms with E-state index in [0.29, 0.717) is 36.3 Å². The Morgan fingerprint density at radius 1 is 1.17 bits per heavy atom. The van der Waals surface area contributed by atoms with E-state index in [4.69, 9.17) is 16.3 Å². The van der Waals surface area contributed by atoms with Crippen LogP contribution in [0.2, 0.25) is 5.02 Å². The maximum Gasteiger partial charge on any atom is 0.419 e. The van der Waals surface area contributed by atoms with Crippen molar-refractivity contribution in [1.29, 1.82) is 0 Å². The number of benzene rings is 2. The third-order valence-corrected chi connectivity index (χ3v) is 4.83. The Morgan fingerprint density at radius 3 is 2.52 bits per heavy atom. The van der Waals surface area contributed by atoms with Crippen molar-refractivity contribution < 1.29 is 22.3 Å². The summed E-state index contributed by atoms with van der Waals surface area (Å²) >= 11 is 5.93. The number of anilines is 1.